The summed E-state index contributed by atoms with van der Waals surface area (Å²) in [5, 5.41) is 0. The van der Waals surface area contributed by atoms with E-state index in [2.05, 4.69) is 47.2 Å². The van der Waals surface area contributed by atoms with Crippen molar-refractivity contribution in [2.75, 3.05) is 5.73 Å². The highest BCUT2D eigenvalue weighted by Gasteiger charge is 2.40. The fourth-order valence-corrected chi connectivity index (χ4v) is 3.36. The van der Waals surface area contributed by atoms with E-state index in [-0.39, 0.29) is 5.41 Å². The molecule has 110 valence electrons. The molecule has 0 atom stereocenters. The third kappa shape index (κ3) is 2.62. The topological polar surface area (TPSA) is 64.7 Å². The highest BCUT2D eigenvalue weighted by atomic mass is 15.1. The molecule has 1 heterocycles. The average molecular weight is 282 g/mol. The van der Waals surface area contributed by atoms with Gasteiger partial charge in [0.15, 0.2) is 0 Å². The number of nitrogens with two attached hydrogens (primary N) is 1. The minimum Gasteiger partial charge on any atom is -0.368 e. The predicted octanol–water partition coefficient (Wildman–Crippen LogP) is 3.27. The molecule has 1 aromatic heterocycles. The van der Waals surface area contributed by atoms with Gasteiger partial charge in [-0.2, -0.15) is 9.97 Å². The summed E-state index contributed by atoms with van der Waals surface area (Å²) < 4.78 is 0. The zero-order chi connectivity index (χ0) is 14.7. The Morgan fingerprint density at radius 1 is 1.05 bits per heavy atom. The maximum Gasteiger partial charge on any atom is 0.223 e. The van der Waals surface area contributed by atoms with Crippen LogP contribution < -0.4 is 5.73 Å². The number of benzene rings is 1. The van der Waals surface area contributed by atoms with E-state index >= 15 is 0 Å². The molecule has 2 N–H and O–H groups in total. The van der Waals surface area contributed by atoms with Crippen molar-refractivity contribution in [2.45, 2.75) is 50.9 Å². The highest BCUT2D eigenvalue weighted by Crippen LogP contribution is 2.44. The lowest BCUT2D eigenvalue weighted by Crippen LogP contribution is -2.28. The van der Waals surface area contributed by atoms with Crippen LogP contribution in [0.15, 0.2) is 30.3 Å². The van der Waals surface area contributed by atoms with E-state index in [1.54, 1.807) is 0 Å². The first-order valence-electron chi connectivity index (χ1n) is 7.81. The molecule has 1 aliphatic carbocycles. The van der Waals surface area contributed by atoms with Crippen molar-refractivity contribution < 1.29 is 0 Å². The van der Waals surface area contributed by atoms with Crippen molar-refractivity contribution >= 4 is 5.95 Å². The Labute approximate surface area is 125 Å². The summed E-state index contributed by atoms with van der Waals surface area (Å²) in [5.41, 5.74) is 7.15. The molecule has 1 aromatic carbocycles. The van der Waals surface area contributed by atoms with Gasteiger partial charge in [0.25, 0.3) is 0 Å². The molecule has 0 bridgehead atoms. The SMILES string of the molecule is CCCc1nc(N)nc(C2(c3ccccc3)CCCC2)n1. The van der Waals surface area contributed by atoms with Crippen LogP contribution in [0.4, 0.5) is 5.95 Å². The quantitative estimate of drug-likeness (QED) is 0.934. The van der Waals surface area contributed by atoms with Crippen LogP contribution in [-0.2, 0) is 11.8 Å². The summed E-state index contributed by atoms with van der Waals surface area (Å²) in [6, 6.07) is 10.6. The zero-order valence-corrected chi connectivity index (χ0v) is 12.5. The number of aryl methyl sites for hydroxylation is 1. The molecule has 2 aromatic rings. The molecular weight excluding hydrogens is 260 g/mol. The van der Waals surface area contributed by atoms with Crippen molar-refractivity contribution in [1.82, 2.24) is 15.0 Å². The van der Waals surface area contributed by atoms with Crippen LogP contribution in [0.2, 0.25) is 0 Å². The van der Waals surface area contributed by atoms with Gasteiger partial charge in [0.1, 0.15) is 11.6 Å². The van der Waals surface area contributed by atoms with Crippen LogP contribution in [0.3, 0.4) is 0 Å². The van der Waals surface area contributed by atoms with Gasteiger partial charge in [-0.25, -0.2) is 4.98 Å². The molecule has 3 rings (SSSR count). The minimum absolute atomic E-state index is 0.0825. The largest absolute Gasteiger partial charge is 0.368 e. The van der Waals surface area contributed by atoms with E-state index in [1.165, 1.54) is 18.4 Å². The number of anilines is 1. The van der Waals surface area contributed by atoms with E-state index < -0.39 is 0 Å². The summed E-state index contributed by atoms with van der Waals surface area (Å²) >= 11 is 0. The van der Waals surface area contributed by atoms with Crippen LogP contribution in [-0.4, -0.2) is 15.0 Å². The molecule has 0 unspecified atom stereocenters. The van der Waals surface area contributed by atoms with Crippen LogP contribution in [0.1, 0.15) is 56.2 Å². The van der Waals surface area contributed by atoms with Gasteiger partial charge >= 0.3 is 0 Å². The molecule has 0 saturated heterocycles. The predicted molar refractivity (Wildman–Crippen MR) is 83.9 cm³/mol. The summed E-state index contributed by atoms with van der Waals surface area (Å²) in [7, 11) is 0. The van der Waals surface area contributed by atoms with E-state index in [4.69, 9.17) is 10.7 Å². The third-order valence-corrected chi connectivity index (χ3v) is 4.38. The third-order valence-electron chi connectivity index (χ3n) is 4.38. The lowest BCUT2D eigenvalue weighted by molar-refractivity contribution is 0.493. The summed E-state index contributed by atoms with van der Waals surface area (Å²) in [6.45, 7) is 2.13. The smallest absolute Gasteiger partial charge is 0.223 e. The lowest BCUT2D eigenvalue weighted by Gasteiger charge is -2.28. The van der Waals surface area contributed by atoms with Gasteiger partial charge in [-0.15, -0.1) is 0 Å². The van der Waals surface area contributed by atoms with Gasteiger partial charge in [-0.1, -0.05) is 50.1 Å². The first-order chi connectivity index (χ1) is 10.2. The first-order valence-corrected chi connectivity index (χ1v) is 7.81. The standard InChI is InChI=1S/C17H22N4/c1-2-8-14-19-15(21-16(18)20-14)17(11-6-7-12-17)13-9-4-3-5-10-13/h3-5,9-10H,2,6-8,11-12H2,1H3,(H2,18,19,20,21). The number of nitrogen functional groups attached to an aromatic ring is 1. The van der Waals surface area contributed by atoms with Crippen molar-refractivity contribution in [2.24, 2.45) is 0 Å². The molecule has 0 radical (unpaired) electrons. The van der Waals surface area contributed by atoms with Crippen molar-refractivity contribution in [1.29, 1.82) is 0 Å². The Hall–Kier alpha value is -1.97. The fourth-order valence-electron chi connectivity index (χ4n) is 3.36. The van der Waals surface area contributed by atoms with Crippen LogP contribution in [0.5, 0.6) is 0 Å². The van der Waals surface area contributed by atoms with Crippen molar-refractivity contribution in [3.8, 4) is 0 Å². The lowest BCUT2D eigenvalue weighted by atomic mass is 9.78. The summed E-state index contributed by atoms with van der Waals surface area (Å²) in [5.74, 6) is 2.04. The highest BCUT2D eigenvalue weighted by molar-refractivity contribution is 5.35. The summed E-state index contributed by atoms with van der Waals surface area (Å²) in [4.78, 5) is 13.5. The first kappa shape index (κ1) is 14.0. The molecule has 1 saturated carbocycles. The van der Waals surface area contributed by atoms with E-state index in [0.29, 0.717) is 5.95 Å². The maximum atomic E-state index is 5.93. The monoisotopic (exact) mass is 282 g/mol. The van der Waals surface area contributed by atoms with Gasteiger partial charge < -0.3 is 5.73 Å². The molecule has 0 aliphatic heterocycles. The number of rotatable bonds is 4. The Morgan fingerprint density at radius 3 is 2.43 bits per heavy atom. The fraction of sp³-hybridized carbons (Fsp3) is 0.471. The van der Waals surface area contributed by atoms with Gasteiger partial charge in [-0.3, -0.25) is 0 Å². The molecule has 4 nitrogen and oxygen atoms in total. The normalized spacial score (nSPS) is 17.0. The molecule has 1 aliphatic rings. The second-order valence-electron chi connectivity index (χ2n) is 5.84. The Morgan fingerprint density at radius 2 is 1.76 bits per heavy atom. The Bertz CT molecular complexity index is 603. The second kappa shape index (κ2) is 5.80. The zero-order valence-electron chi connectivity index (χ0n) is 12.5. The maximum absolute atomic E-state index is 5.93. The van der Waals surface area contributed by atoms with Gasteiger partial charge in [0.05, 0.1) is 5.41 Å². The van der Waals surface area contributed by atoms with E-state index in [1.807, 2.05) is 0 Å². The number of hydrogen-bond donors (Lipinski definition) is 1. The Balaban J connectivity index is 2.10. The molecule has 0 amide bonds. The Kier molecular flexibility index (Phi) is 3.86. The van der Waals surface area contributed by atoms with E-state index in [9.17, 15) is 0 Å². The van der Waals surface area contributed by atoms with Crippen molar-refractivity contribution in [3.63, 3.8) is 0 Å². The van der Waals surface area contributed by atoms with Gasteiger partial charge in [-0.05, 0) is 24.8 Å². The van der Waals surface area contributed by atoms with Crippen molar-refractivity contribution in [3.05, 3.63) is 47.5 Å². The van der Waals surface area contributed by atoms with Crippen LogP contribution >= 0.6 is 0 Å². The van der Waals surface area contributed by atoms with Gasteiger partial charge in [0, 0.05) is 6.42 Å². The number of aromatic nitrogens is 3. The molecule has 21 heavy (non-hydrogen) atoms. The second-order valence-corrected chi connectivity index (χ2v) is 5.84. The minimum atomic E-state index is -0.0825. The number of hydrogen-bond acceptors (Lipinski definition) is 4. The van der Waals surface area contributed by atoms with Gasteiger partial charge in [0.2, 0.25) is 5.95 Å². The average Bonchev–Trinajstić information content (AvgIpc) is 2.99. The number of nitrogens with zero attached hydrogens (tertiary/aromatic N) is 3. The molecule has 1 fully saturated rings. The summed E-state index contributed by atoms with van der Waals surface area (Å²) in [6.07, 6.45) is 6.47. The molecule has 4 heteroatoms. The molecular formula is C17H22N4. The molecule has 0 spiro atoms. The van der Waals surface area contributed by atoms with E-state index in [0.717, 1.165) is 37.3 Å². The van der Waals surface area contributed by atoms with Crippen LogP contribution in [0.25, 0.3) is 0 Å². The van der Waals surface area contributed by atoms with Crippen LogP contribution in [0, 0.1) is 0 Å².